The summed E-state index contributed by atoms with van der Waals surface area (Å²) in [5.74, 6) is 0.0596. The van der Waals surface area contributed by atoms with Crippen LogP contribution in [0.4, 0.5) is 4.79 Å². The maximum absolute atomic E-state index is 12.5. The van der Waals surface area contributed by atoms with E-state index in [1.807, 2.05) is 12.1 Å². The zero-order valence-corrected chi connectivity index (χ0v) is 15.9. The van der Waals surface area contributed by atoms with Crippen LogP contribution in [0.1, 0.15) is 42.1 Å². The summed E-state index contributed by atoms with van der Waals surface area (Å²) in [7, 11) is 3.03. The van der Waals surface area contributed by atoms with Crippen LogP contribution in [0, 0.1) is 0 Å². The van der Waals surface area contributed by atoms with Gasteiger partial charge in [-0.2, -0.15) is 0 Å². The Labute approximate surface area is 154 Å². The molecule has 7 heteroatoms. The Hall–Kier alpha value is -2.12. The molecule has 2 rings (SSSR count). The number of amides is 2. The molecule has 1 fully saturated rings. The summed E-state index contributed by atoms with van der Waals surface area (Å²) in [4.78, 5) is 27.7. The van der Waals surface area contributed by atoms with E-state index in [0.29, 0.717) is 24.6 Å². The minimum absolute atomic E-state index is 0.136. The van der Waals surface area contributed by atoms with Gasteiger partial charge in [-0.3, -0.25) is 9.80 Å². The summed E-state index contributed by atoms with van der Waals surface area (Å²) >= 11 is 0. The first-order chi connectivity index (χ1) is 12.5. The molecule has 0 N–H and O–H groups in total. The van der Waals surface area contributed by atoms with E-state index in [0.717, 1.165) is 6.42 Å². The fourth-order valence-corrected chi connectivity index (χ4v) is 2.91. The Morgan fingerprint density at radius 1 is 1.12 bits per heavy atom. The van der Waals surface area contributed by atoms with Crippen LogP contribution in [-0.4, -0.2) is 68.7 Å². The van der Waals surface area contributed by atoms with Crippen molar-refractivity contribution in [2.45, 2.75) is 32.3 Å². The predicted octanol–water partition coefficient (Wildman–Crippen LogP) is 2.67. The Kier molecular flexibility index (Phi) is 7.41. The van der Waals surface area contributed by atoms with Gasteiger partial charge in [0.05, 0.1) is 18.7 Å². The van der Waals surface area contributed by atoms with Crippen molar-refractivity contribution >= 4 is 12.0 Å². The molecule has 1 saturated heterocycles. The van der Waals surface area contributed by atoms with Crippen molar-refractivity contribution in [1.29, 1.82) is 0 Å². The zero-order chi connectivity index (χ0) is 19.1. The molecule has 1 aromatic rings. The maximum Gasteiger partial charge on any atom is 0.338 e. The lowest BCUT2D eigenvalue weighted by atomic mass is 9.98. The Bertz CT molecular complexity index is 586. The average molecular weight is 364 g/mol. The van der Waals surface area contributed by atoms with Gasteiger partial charge in [0.1, 0.15) is 19.6 Å². The number of hydrogen-bond acceptors (Lipinski definition) is 5. The van der Waals surface area contributed by atoms with E-state index in [4.69, 9.17) is 14.2 Å². The number of carbonyl (C=O) groups is 2. The lowest BCUT2D eigenvalue weighted by Gasteiger charge is -2.38. The number of carbonyl (C=O) groups excluding carboxylic acids is 2. The van der Waals surface area contributed by atoms with Gasteiger partial charge >= 0.3 is 12.0 Å². The van der Waals surface area contributed by atoms with Crippen molar-refractivity contribution < 1.29 is 23.8 Å². The number of urea groups is 1. The van der Waals surface area contributed by atoms with Gasteiger partial charge in [0, 0.05) is 14.2 Å². The van der Waals surface area contributed by atoms with Crippen LogP contribution in [0.5, 0.6) is 0 Å². The number of rotatable bonds is 8. The molecule has 26 heavy (non-hydrogen) atoms. The molecule has 0 spiro atoms. The minimum atomic E-state index is -0.445. The molecule has 0 saturated carbocycles. The van der Waals surface area contributed by atoms with Gasteiger partial charge < -0.3 is 14.2 Å². The van der Waals surface area contributed by atoms with Crippen molar-refractivity contribution in [2.75, 3.05) is 40.8 Å². The number of esters is 1. The summed E-state index contributed by atoms with van der Waals surface area (Å²) in [6.07, 6.45) is 0.602. The van der Waals surface area contributed by atoms with Gasteiger partial charge in [-0.1, -0.05) is 26.0 Å². The number of ether oxygens (including phenoxy) is 3. The Balaban J connectivity index is 2.03. The SMILES string of the molecule is CCC(C)c1ccc(C(=O)OC2CN(COC)C(=O)N(COC)C2)cc1. The van der Waals surface area contributed by atoms with Crippen molar-refractivity contribution in [3.63, 3.8) is 0 Å². The van der Waals surface area contributed by atoms with Gasteiger partial charge in [0.15, 0.2) is 0 Å². The summed E-state index contributed by atoms with van der Waals surface area (Å²) in [5.41, 5.74) is 1.70. The molecule has 2 amide bonds. The molecular formula is C19H28N2O5. The summed E-state index contributed by atoms with van der Waals surface area (Å²) in [6.45, 7) is 5.15. The van der Waals surface area contributed by atoms with Crippen molar-refractivity contribution in [1.82, 2.24) is 9.80 Å². The zero-order valence-electron chi connectivity index (χ0n) is 15.9. The third-order valence-corrected chi connectivity index (χ3v) is 4.56. The second-order valence-corrected chi connectivity index (χ2v) is 6.52. The van der Waals surface area contributed by atoms with Crippen LogP contribution in [0.25, 0.3) is 0 Å². The fourth-order valence-electron chi connectivity index (χ4n) is 2.91. The summed E-state index contributed by atoms with van der Waals surface area (Å²) < 4.78 is 15.7. The monoisotopic (exact) mass is 364 g/mol. The number of benzene rings is 1. The Morgan fingerprint density at radius 3 is 2.12 bits per heavy atom. The molecule has 0 aromatic heterocycles. The van der Waals surface area contributed by atoms with Gasteiger partial charge in [-0.05, 0) is 30.0 Å². The largest absolute Gasteiger partial charge is 0.455 e. The van der Waals surface area contributed by atoms with E-state index in [-0.39, 0.29) is 19.5 Å². The molecule has 1 aromatic carbocycles. The lowest BCUT2D eigenvalue weighted by molar-refractivity contribution is -0.0401. The molecule has 0 radical (unpaired) electrons. The number of methoxy groups -OCH3 is 2. The molecule has 144 valence electrons. The van der Waals surface area contributed by atoms with E-state index in [1.54, 1.807) is 12.1 Å². The predicted molar refractivity (Wildman–Crippen MR) is 96.9 cm³/mol. The first kappa shape index (κ1) is 20.2. The molecular weight excluding hydrogens is 336 g/mol. The van der Waals surface area contributed by atoms with Crippen LogP contribution in [0.3, 0.4) is 0 Å². The highest BCUT2D eigenvalue weighted by Gasteiger charge is 2.33. The molecule has 1 heterocycles. The normalized spacial score (nSPS) is 16.7. The van der Waals surface area contributed by atoms with E-state index >= 15 is 0 Å². The van der Waals surface area contributed by atoms with E-state index in [9.17, 15) is 9.59 Å². The van der Waals surface area contributed by atoms with Crippen LogP contribution >= 0.6 is 0 Å². The Morgan fingerprint density at radius 2 is 1.65 bits per heavy atom. The molecule has 0 bridgehead atoms. The average Bonchev–Trinajstić information content (AvgIpc) is 2.65. The van der Waals surface area contributed by atoms with Crippen LogP contribution in [0.15, 0.2) is 24.3 Å². The molecule has 7 nitrogen and oxygen atoms in total. The number of hydrogen-bond donors (Lipinski definition) is 0. The summed E-state index contributed by atoms with van der Waals surface area (Å²) in [6, 6.07) is 7.31. The van der Waals surface area contributed by atoms with Gasteiger partial charge in [-0.15, -0.1) is 0 Å². The molecule has 0 aliphatic carbocycles. The third-order valence-electron chi connectivity index (χ3n) is 4.56. The highest BCUT2D eigenvalue weighted by molar-refractivity contribution is 5.89. The standard InChI is InChI=1S/C19H28N2O5/c1-5-14(2)15-6-8-16(9-7-15)18(22)26-17-10-20(12-24-3)19(23)21(11-17)13-25-4/h6-9,14,17H,5,10-13H2,1-4H3. The molecule has 1 atom stereocenters. The second-order valence-electron chi connectivity index (χ2n) is 6.52. The maximum atomic E-state index is 12.5. The van der Waals surface area contributed by atoms with Gasteiger partial charge in [0.25, 0.3) is 0 Å². The van der Waals surface area contributed by atoms with Crippen molar-refractivity contribution in [2.24, 2.45) is 0 Å². The van der Waals surface area contributed by atoms with Crippen LogP contribution in [0.2, 0.25) is 0 Å². The highest BCUT2D eigenvalue weighted by Crippen LogP contribution is 2.20. The highest BCUT2D eigenvalue weighted by atomic mass is 16.5. The van der Waals surface area contributed by atoms with Crippen LogP contribution in [-0.2, 0) is 14.2 Å². The van der Waals surface area contributed by atoms with E-state index < -0.39 is 12.1 Å². The fraction of sp³-hybridized carbons (Fsp3) is 0.579. The topological polar surface area (TPSA) is 68.3 Å². The molecule has 1 aliphatic heterocycles. The first-order valence-corrected chi connectivity index (χ1v) is 8.82. The first-order valence-electron chi connectivity index (χ1n) is 8.82. The van der Waals surface area contributed by atoms with Gasteiger partial charge in [-0.25, -0.2) is 9.59 Å². The third kappa shape index (κ3) is 4.95. The van der Waals surface area contributed by atoms with E-state index in [1.165, 1.54) is 29.6 Å². The smallest absolute Gasteiger partial charge is 0.338 e. The molecule has 1 aliphatic rings. The van der Waals surface area contributed by atoms with Crippen molar-refractivity contribution in [3.05, 3.63) is 35.4 Å². The summed E-state index contributed by atoms with van der Waals surface area (Å²) in [5, 5.41) is 0. The van der Waals surface area contributed by atoms with Gasteiger partial charge in [0.2, 0.25) is 0 Å². The van der Waals surface area contributed by atoms with Crippen molar-refractivity contribution in [3.8, 4) is 0 Å². The quantitative estimate of drug-likeness (QED) is 0.664. The second kappa shape index (κ2) is 9.54. The van der Waals surface area contributed by atoms with E-state index in [2.05, 4.69) is 13.8 Å². The number of nitrogens with zero attached hydrogens (tertiary/aromatic N) is 2. The van der Waals surface area contributed by atoms with Crippen LogP contribution < -0.4 is 0 Å². The minimum Gasteiger partial charge on any atom is -0.455 e. The lowest BCUT2D eigenvalue weighted by Crippen LogP contribution is -2.57. The molecule has 1 unspecified atom stereocenters.